The molecule has 1 saturated heterocycles. The first kappa shape index (κ1) is 17.3. The van der Waals surface area contributed by atoms with Gasteiger partial charge in [-0.15, -0.1) is 0 Å². The Balaban J connectivity index is 1.72. The summed E-state index contributed by atoms with van der Waals surface area (Å²) in [6.45, 7) is 0.932. The van der Waals surface area contributed by atoms with Crippen LogP contribution < -0.4 is 5.32 Å². The van der Waals surface area contributed by atoms with Gasteiger partial charge in [-0.1, -0.05) is 42.5 Å². The van der Waals surface area contributed by atoms with Crippen molar-refractivity contribution < 1.29 is 22.7 Å². The van der Waals surface area contributed by atoms with Crippen molar-refractivity contribution in [3.05, 3.63) is 65.7 Å². The van der Waals surface area contributed by atoms with E-state index in [1.807, 2.05) is 30.3 Å². The Morgan fingerprint density at radius 2 is 1.76 bits per heavy atom. The summed E-state index contributed by atoms with van der Waals surface area (Å²) in [5.41, 5.74) is -0.185. The Labute approximate surface area is 143 Å². The third kappa shape index (κ3) is 4.11. The van der Waals surface area contributed by atoms with Gasteiger partial charge in [-0.2, -0.15) is 13.2 Å². The first-order valence-corrected chi connectivity index (χ1v) is 7.84. The summed E-state index contributed by atoms with van der Waals surface area (Å²) in [7, 11) is 0. The molecular weight excluding hydrogens is 333 g/mol. The summed E-state index contributed by atoms with van der Waals surface area (Å²) in [6.07, 6.45) is -4.82. The number of carbonyl (C=O) groups excluding carboxylic acids is 1. The van der Waals surface area contributed by atoms with E-state index >= 15 is 0 Å². The first-order valence-electron chi connectivity index (χ1n) is 7.84. The van der Waals surface area contributed by atoms with E-state index in [0.717, 1.165) is 11.6 Å². The molecule has 1 aliphatic rings. The zero-order valence-electron chi connectivity index (χ0n) is 13.3. The number of morpholine rings is 1. The fraction of sp³-hybridized carbons (Fsp3) is 0.278. The molecule has 1 N–H and O–H groups in total. The van der Waals surface area contributed by atoms with Crippen LogP contribution in [-0.4, -0.2) is 30.6 Å². The van der Waals surface area contributed by atoms with Gasteiger partial charge in [-0.05, 0) is 17.7 Å². The van der Waals surface area contributed by atoms with Gasteiger partial charge in [0.2, 0.25) is 0 Å². The molecule has 2 aromatic rings. The molecule has 4 nitrogen and oxygen atoms in total. The quantitative estimate of drug-likeness (QED) is 0.877. The maximum Gasteiger partial charge on any atom is 0.418 e. The van der Waals surface area contributed by atoms with Crippen molar-refractivity contribution >= 4 is 11.7 Å². The predicted octanol–water partition coefficient (Wildman–Crippen LogP) is 4.31. The molecule has 2 amide bonds. The van der Waals surface area contributed by atoms with E-state index in [1.165, 1.54) is 23.1 Å². The molecule has 25 heavy (non-hydrogen) atoms. The fourth-order valence-electron chi connectivity index (χ4n) is 2.74. The number of urea groups is 1. The van der Waals surface area contributed by atoms with Crippen molar-refractivity contribution in [2.24, 2.45) is 0 Å². The van der Waals surface area contributed by atoms with Crippen LogP contribution in [0.5, 0.6) is 0 Å². The zero-order valence-corrected chi connectivity index (χ0v) is 13.3. The molecule has 1 aliphatic heterocycles. The Bertz CT molecular complexity index is 735. The average molecular weight is 350 g/mol. The molecule has 1 atom stereocenters. The predicted molar refractivity (Wildman–Crippen MR) is 87.2 cm³/mol. The number of para-hydroxylation sites is 1. The topological polar surface area (TPSA) is 41.6 Å². The number of nitrogens with one attached hydrogen (secondary N) is 1. The summed E-state index contributed by atoms with van der Waals surface area (Å²) in [5, 5.41) is 2.37. The Morgan fingerprint density at radius 3 is 2.48 bits per heavy atom. The van der Waals surface area contributed by atoms with Crippen molar-refractivity contribution in [1.29, 1.82) is 0 Å². The van der Waals surface area contributed by atoms with Gasteiger partial charge < -0.3 is 15.0 Å². The van der Waals surface area contributed by atoms with Crippen LogP contribution in [-0.2, 0) is 10.9 Å². The number of ether oxygens (including phenoxy) is 1. The third-order valence-corrected chi connectivity index (χ3v) is 4.00. The van der Waals surface area contributed by atoms with E-state index < -0.39 is 17.8 Å². The van der Waals surface area contributed by atoms with Crippen LogP contribution >= 0.6 is 0 Å². The maximum atomic E-state index is 13.0. The number of anilines is 1. The van der Waals surface area contributed by atoms with Gasteiger partial charge in [0, 0.05) is 6.54 Å². The van der Waals surface area contributed by atoms with Gasteiger partial charge in [0.25, 0.3) is 0 Å². The summed E-state index contributed by atoms with van der Waals surface area (Å²) < 4.78 is 44.8. The van der Waals surface area contributed by atoms with Crippen molar-refractivity contribution in [3.8, 4) is 0 Å². The molecule has 1 fully saturated rings. The van der Waals surface area contributed by atoms with Gasteiger partial charge in [0.05, 0.1) is 24.4 Å². The molecule has 0 unspecified atom stereocenters. The van der Waals surface area contributed by atoms with Gasteiger partial charge >= 0.3 is 12.2 Å². The second-order valence-electron chi connectivity index (χ2n) is 5.69. The normalized spacial score (nSPS) is 18.0. The number of carbonyl (C=O) groups is 1. The highest BCUT2D eigenvalue weighted by Crippen LogP contribution is 2.34. The summed E-state index contributed by atoms with van der Waals surface area (Å²) >= 11 is 0. The molecule has 0 spiro atoms. The molecule has 1 heterocycles. The molecule has 2 aromatic carbocycles. The van der Waals surface area contributed by atoms with Crippen molar-refractivity contribution in [2.75, 3.05) is 25.0 Å². The van der Waals surface area contributed by atoms with Crippen molar-refractivity contribution in [1.82, 2.24) is 4.90 Å². The lowest BCUT2D eigenvalue weighted by atomic mass is 10.1. The molecule has 0 aromatic heterocycles. The minimum absolute atomic E-state index is 0.247. The van der Waals surface area contributed by atoms with Crippen LogP contribution in [0, 0.1) is 0 Å². The number of nitrogens with zero attached hydrogens (tertiary/aromatic N) is 1. The number of alkyl halides is 3. The van der Waals surface area contributed by atoms with Crippen LogP contribution in [0.25, 0.3) is 0 Å². The van der Waals surface area contributed by atoms with Gasteiger partial charge in [-0.25, -0.2) is 4.79 Å². The van der Waals surface area contributed by atoms with Crippen molar-refractivity contribution in [2.45, 2.75) is 12.3 Å². The molecule has 0 saturated carbocycles. The fourth-order valence-corrected chi connectivity index (χ4v) is 2.74. The Hall–Kier alpha value is -2.54. The SMILES string of the molecule is O=C(Nc1ccccc1C(F)(F)F)N1CCO[C@H](c2ccccc2)C1. The number of halogens is 3. The van der Waals surface area contributed by atoms with Crippen LogP contribution in [0.1, 0.15) is 17.2 Å². The molecule has 0 bridgehead atoms. The standard InChI is InChI=1S/C18H17F3N2O2/c19-18(20,21)14-8-4-5-9-15(14)22-17(24)23-10-11-25-16(12-23)13-6-2-1-3-7-13/h1-9,16H,10-12H2,(H,22,24)/t16-/m0/s1. The summed E-state index contributed by atoms with van der Waals surface area (Å²) in [6, 6.07) is 13.8. The molecule has 0 aliphatic carbocycles. The Kier molecular flexibility index (Phi) is 4.94. The number of hydrogen-bond acceptors (Lipinski definition) is 2. The van der Waals surface area contributed by atoms with E-state index in [2.05, 4.69) is 5.32 Å². The smallest absolute Gasteiger partial charge is 0.370 e. The lowest BCUT2D eigenvalue weighted by molar-refractivity contribution is -0.136. The lowest BCUT2D eigenvalue weighted by Gasteiger charge is -2.33. The van der Waals surface area contributed by atoms with E-state index in [1.54, 1.807) is 0 Å². The third-order valence-electron chi connectivity index (χ3n) is 4.00. The minimum atomic E-state index is -4.53. The average Bonchev–Trinajstić information content (AvgIpc) is 2.62. The molecule has 7 heteroatoms. The van der Waals surface area contributed by atoms with Crippen LogP contribution in [0.3, 0.4) is 0 Å². The summed E-state index contributed by atoms with van der Waals surface area (Å²) in [4.78, 5) is 13.9. The molecule has 132 valence electrons. The summed E-state index contributed by atoms with van der Waals surface area (Å²) in [5.74, 6) is 0. The highest BCUT2D eigenvalue weighted by atomic mass is 19.4. The van der Waals surface area contributed by atoms with Gasteiger partial charge in [-0.3, -0.25) is 0 Å². The monoisotopic (exact) mass is 350 g/mol. The van der Waals surface area contributed by atoms with E-state index in [-0.39, 0.29) is 18.3 Å². The van der Waals surface area contributed by atoms with E-state index in [4.69, 9.17) is 4.74 Å². The second kappa shape index (κ2) is 7.14. The highest BCUT2D eigenvalue weighted by molar-refractivity contribution is 5.90. The van der Waals surface area contributed by atoms with E-state index in [0.29, 0.717) is 13.2 Å². The van der Waals surface area contributed by atoms with E-state index in [9.17, 15) is 18.0 Å². The van der Waals surface area contributed by atoms with Gasteiger partial charge in [0.15, 0.2) is 0 Å². The van der Waals surface area contributed by atoms with Crippen LogP contribution in [0.2, 0.25) is 0 Å². The molecule has 3 rings (SSSR count). The van der Waals surface area contributed by atoms with Crippen LogP contribution in [0.15, 0.2) is 54.6 Å². The second-order valence-corrected chi connectivity index (χ2v) is 5.69. The maximum absolute atomic E-state index is 13.0. The number of rotatable bonds is 2. The number of benzene rings is 2. The molecular formula is C18H17F3N2O2. The molecule has 0 radical (unpaired) electrons. The Morgan fingerprint density at radius 1 is 1.08 bits per heavy atom. The van der Waals surface area contributed by atoms with Crippen LogP contribution in [0.4, 0.5) is 23.7 Å². The lowest BCUT2D eigenvalue weighted by Crippen LogP contribution is -2.44. The number of hydrogen-bond donors (Lipinski definition) is 1. The minimum Gasteiger partial charge on any atom is -0.370 e. The zero-order chi connectivity index (χ0) is 17.9. The highest BCUT2D eigenvalue weighted by Gasteiger charge is 2.34. The van der Waals surface area contributed by atoms with Crippen molar-refractivity contribution in [3.63, 3.8) is 0 Å². The largest absolute Gasteiger partial charge is 0.418 e. The van der Waals surface area contributed by atoms with Gasteiger partial charge in [0.1, 0.15) is 6.10 Å². The number of amides is 2. The first-order chi connectivity index (χ1) is 11.9.